The van der Waals surface area contributed by atoms with Gasteiger partial charge in [-0.25, -0.2) is 4.79 Å². The van der Waals surface area contributed by atoms with Gasteiger partial charge in [0.05, 0.1) is 7.11 Å². The summed E-state index contributed by atoms with van der Waals surface area (Å²) in [6.45, 7) is 0. The minimum absolute atomic E-state index is 0.294. The Labute approximate surface area is 113 Å². The maximum absolute atomic E-state index is 11.2. The van der Waals surface area contributed by atoms with E-state index in [1.807, 2.05) is 24.3 Å². The van der Waals surface area contributed by atoms with Crippen molar-refractivity contribution in [1.29, 1.82) is 0 Å². The van der Waals surface area contributed by atoms with Gasteiger partial charge < -0.3 is 15.8 Å². The molecule has 0 aliphatic heterocycles. The Morgan fingerprint density at radius 3 is 2.89 bits per heavy atom. The van der Waals surface area contributed by atoms with Crippen LogP contribution in [0.3, 0.4) is 0 Å². The zero-order chi connectivity index (χ0) is 13.7. The van der Waals surface area contributed by atoms with Crippen molar-refractivity contribution < 1.29 is 9.53 Å². The SMILES string of the molecule is COC(=O)Nc1cccc(NC2CCCC(N)C2)c1. The number of hydrogen-bond donors (Lipinski definition) is 3. The largest absolute Gasteiger partial charge is 0.453 e. The smallest absolute Gasteiger partial charge is 0.411 e. The number of anilines is 2. The second kappa shape index (κ2) is 6.43. The van der Waals surface area contributed by atoms with Gasteiger partial charge in [-0.05, 0) is 43.9 Å². The van der Waals surface area contributed by atoms with E-state index in [4.69, 9.17) is 5.73 Å². The van der Waals surface area contributed by atoms with Gasteiger partial charge in [-0.1, -0.05) is 6.07 Å². The normalized spacial score (nSPS) is 22.6. The lowest BCUT2D eigenvalue weighted by Gasteiger charge is -2.28. The van der Waals surface area contributed by atoms with Crippen molar-refractivity contribution in [3.05, 3.63) is 24.3 Å². The molecule has 0 spiro atoms. The van der Waals surface area contributed by atoms with Crippen molar-refractivity contribution in [2.45, 2.75) is 37.8 Å². The van der Waals surface area contributed by atoms with Crippen LogP contribution in [-0.4, -0.2) is 25.3 Å². The molecule has 104 valence electrons. The highest BCUT2D eigenvalue weighted by Gasteiger charge is 2.18. The molecule has 0 heterocycles. The molecule has 4 N–H and O–H groups in total. The number of nitrogens with two attached hydrogens (primary N) is 1. The molecule has 0 aromatic heterocycles. The monoisotopic (exact) mass is 263 g/mol. The molecule has 0 bridgehead atoms. The second-order valence-electron chi connectivity index (χ2n) is 4.97. The van der Waals surface area contributed by atoms with Gasteiger partial charge in [0.15, 0.2) is 0 Å². The van der Waals surface area contributed by atoms with Gasteiger partial charge in [0.2, 0.25) is 0 Å². The summed E-state index contributed by atoms with van der Waals surface area (Å²) in [5.74, 6) is 0. The number of rotatable bonds is 3. The van der Waals surface area contributed by atoms with Crippen LogP contribution in [0.25, 0.3) is 0 Å². The standard InChI is InChI=1S/C14H21N3O2/c1-19-14(18)17-13-7-3-6-12(9-13)16-11-5-2-4-10(15)8-11/h3,6-7,9-11,16H,2,4-5,8,15H2,1H3,(H,17,18). The van der Waals surface area contributed by atoms with Gasteiger partial charge in [-0.3, -0.25) is 5.32 Å². The topological polar surface area (TPSA) is 76.4 Å². The van der Waals surface area contributed by atoms with E-state index in [0.29, 0.717) is 12.1 Å². The van der Waals surface area contributed by atoms with E-state index in [2.05, 4.69) is 15.4 Å². The first kappa shape index (κ1) is 13.7. The van der Waals surface area contributed by atoms with Crippen molar-refractivity contribution in [3.8, 4) is 0 Å². The van der Waals surface area contributed by atoms with E-state index in [-0.39, 0.29) is 0 Å². The summed E-state index contributed by atoms with van der Waals surface area (Å²) < 4.78 is 4.57. The van der Waals surface area contributed by atoms with Crippen LogP contribution in [0.2, 0.25) is 0 Å². The lowest BCUT2D eigenvalue weighted by molar-refractivity contribution is 0.187. The minimum Gasteiger partial charge on any atom is -0.453 e. The fourth-order valence-electron chi connectivity index (χ4n) is 2.45. The van der Waals surface area contributed by atoms with E-state index >= 15 is 0 Å². The number of amides is 1. The molecule has 0 saturated heterocycles. The zero-order valence-electron chi connectivity index (χ0n) is 11.2. The summed E-state index contributed by atoms with van der Waals surface area (Å²) in [5, 5.41) is 6.12. The predicted octanol–water partition coefficient (Wildman–Crippen LogP) is 2.55. The van der Waals surface area contributed by atoms with Crippen LogP contribution in [0.5, 0.6) is 0 Å². The molecule has 1 saturated carbocycles. The first-order chi connectivity index (χ1) is 9.17. The summed E-state index contributed by atoms with van der Waals surface area (Å²) >= 11 is 0. The number of ether oxygens (including phenoxy) is 1. The molecule has 2 atom stereocenters. The maximum Gasteiger partial charge on any atom is 0.411 e. The number of hydrogen-bond acceptors (Lipinski definition) is 4. The van der Waals surface area contributed by atoms with Crippen LogP contribution in [0.4, 0.5) is 16.2 Å². The Balaban J connectivity index is 1.96. The zero-order valence-corrected chi connectivity index (χ0v) is 11.2. The number of benzene rings is 1. The quantitative estimate of drug-likeness (QED) is 0.783. The molecular weight excluding hydrogens is 242 g/mol. The van der Waals surface area contributed by atoms with E-state index in [0.717, 1.165) is 30.6 Å². The second-order valence-corrected chi connectivity index (χ2v) is 4.97. The van der Waals surface area contributed by atoms with Crippen molar-refractivity contribution in [2.24, 2.45) is 5.73 Å². The third kappa shape index (κ3) is 4.13. The van der Waals surface area contributed by atoms with E-state index < -0.39 is 6.09 Å². The van der Waals surface area contributed by atoms with Crippen LogP contribution in [0, 0.1) is 0 Å². The molecule has 1 aliphatic carbocycles. The molecule has 1 aromatic carbocycles. The van der Waals surface area contributed by atoms with E-state index in [1.54, 1.807) is 0 Å². The molecule has 1 amide bonds. The molecule has 5 nitrogen and oxygen atoms in total. The lowest BCUT2D eigenvalue weighted by atomic mass is 9.91. The van der Waals surface area contributed by atoms with Crippen LogP contribution >= 0.6 is 0 Å². The Kier molecular flexibility index (Phi) is 4.63. The molecule has 2 rings (SSSR count). The summed E-state index contributed by atoms with van der Waals surface area (Å²) in [4.78, 5) is 11.2. The Morgan fingerprint density at radius 2 is 2.16 bits per heavy atom. The van der Waals surface area contributed by atoms with Gasteiger partial charge in [-0.2, -0.15) is 0 Å². The summed E-state index contributed by atoms with van der Waals surface area (Å²) in [5.41, 5.74) is 7.69. The van der Waals surface area contributed by atoms with Crippen LogP contribution < -0.4 is 16.4 Å². The highest BCUT2D eigenvalue weighted by atomic mass is 16.5. The summed E-state index contributed by atoms with van der Waals surface area (Å²) in [6, 6.07) is 8.32. The molecule has 2 unspecified atom stereocenters. The van der Waals surface area contributed by atoms with Crippen molar-refractivity contribution in [2.75, 3.05) is 17.7 Å². The van der Waals surface area contributed by atoms with E-state index in [9.17, 15) is 4.79 Å². The van der Waals surface area contributed by atoms with Crippen molar-refractivity contribution >= 4 is 17.5 Å². The molecule has 5 heteroatoms. The Morgan fingerprint density at radius 1 is 1.37 bits per heavy atom. The Bertz CT molecular complexity index is 436. The maximum atomic E-state index is 11.2. The van der Waals surface area contributed by atoms with Crippen molar-refractivity contribution in [3.63, 3.8) is 0 Å². The van der Waals surface area contributed by atoms with Gasteiger partial charge in [-0.15, -0.1) is 0 Å². The van der Waals surface area contributed by atoms with E-state index in [1.165, 1.54) is 13.5 Å². The average molecular weight is 263 g/mol. The first-order valence-corrected chi connectivity index (χ1v) is 6.64. The fraction of sp³-hybridized carbons (Fsp3) is 0.500. The number of carbonyl (C=O) groups is 1. The molecule has 0 radical (unpaired) electrons. The highest BCUT2D eigenvalue weighted by molar-refractivity contribution is 5.85. The number of methoxy groups -OCH3 is 1. The van der Waals surface area contributed by atoms with Gasteiger partial charge in [0, 0.05) is 23.5 Å². The fourth-order valence-corrected chi connectivity index (χ4v) is 2.45. The highest BCUT2D eigenvalue weighted by Crippen LogP contribution is 2.22. The summed E-state index contributed by atoms with van der Waals surface area (Å²) in [7, 11) is 1.35. The number of carbonyl (C=O) groups excluding carboxylic acids is 1. The molecule has 1 aliphatic rings. The predicted molar refractivity (Wildman–Crippen MR) is 76.3 cm³/mol. The van der Waals surface area contributed by atoms with Gasteiger partial charge in [0.25, 0.3) is 0 Å². The Hall–Kier alpha value is -1.75. The third-order valence-corrected chi connectivity index (χ3v) is 3.38. The minimum atomic E-state index is -0.461. The van der Waals surface area contributed by atoms with Crippen LogP contribution in [0.15, 0.2) is 24.3 Å². The average Bonchev–Trinajstić information content (AvgIpc) is 2.39. The molecule has 1 aromatic rings. The third-order valence-electron chi connectivity index (χ3n) is 3.38. The first-order valence-electron chi connectivity index (χ1n) is 6.64. The molecule has 1 fully saturated rings. The molecule has 19 heavy (non-hydrogen) atoms. The van der Waals surface area contributed by atoms with Crippen molar-refractivity contribution in [1.82, 2.24) is 0 Å². The van der Waals surface area contributed by atoms with Gasteiger partial charge in [0.1, 0.15) is 0 Å². The lowest BCUT2D eigenvalue weighted by Crippen LogP contribution is -2.34. The number of nitrogens with one attached hydrogen (secondary N) is 2. The summed E-state index contributed by atoms with van der Waals surface area (Å²) in [6.07, 6.45) is 3.95. The van der Waals surface area contributed by atoms with Gasteiger partial charge >= 0.3 is 6.09 Å². The van der Waals surface area contributed by atoms with Crippen LogP contribution in [0.1, 0.15) is 25.7 Å². The van der Waals surface area contributed by atoms with Crippen LogP contribution in [-0.2, 0) is 4.74 Å². The molecular formula is C14H21N3O2.